The van der Waals surface area contributed by atoms with E-state index in [1.807, 2.05) is 0 Å². The van der Waals surface area contributed by atoms with Gasteiger partial charge in [0.05, 0.1) is 0 Å². The molecule has 1 aliphatic rings. The molecule has 0 bridgehead atoms. The number of primary amides is 1. The molecule has 0 aromatic carbocycles. The minimum absolute atomic E-state index is 0.0319. The largest absolute Gasteiger partial charge is 0.424 e. The van der Waals surface area contributed by atoms with Crippen LogP contribution in [-0.4, -0.2) is 10.9 Å². The fourth-order valence-electron chi connectivity index (χ4n) is 1.03. The van der Waals surface area contributed by atoms with Gasteiger partial charge in [-0.1, -0.05) is 0 Å². The molecule has 1 aromatic heterocycles. The second-order valence-corrected chi connectivity index (χ2v) is 2.90. The second kappa shape index (κ2) is 2.23. The van der Waals surface area contributed by atoms with Crippen LogP contribution >= 0.6 is 0 Å². The lowest BCUT2D eigenvalue weighted by atomic mass is 10.4. The highest BCUT2D eigenvalue weighted by atomic mass is 16.4. The average molecular weight is 167 g/mol. The Morgan fingerprint density at radius 3 is 2.67 bits per heavy atom. The Bertz CT molecular complexity index is 327. The second-order valence-electron chi connectivity index (χ2n) is 2.90. The zero-order valence-electron chi connectivity index (χ0n) is 6.41. The Hall–Kier alpha value is -1.52. The summed E-state index contributed by atoms with van der Waals surface area (Å²) in [4.78, 5) is 14.6. The predicted molar refractivity (Wildman–Crippen MR) is 41.4 cm³/mol. The first-order valence-electron chi connectivity index (χ1n) is 3.74. The number of nitrogen functional groups attached to an aromatic ring is 1. The number of hydrogen-bond donors (Lipinski definition) is 2. The first kappa shape index (κ1) is 7.15. The highest BCUT2D eigenvalue weighted by Crippen LogP contribution is 2.40. The van der Waals surface area contributed by atoms with Gasteiger partial charge in [-0.15, -0.1) is 0 Å². The third-order valence-corrected chi connectivity index (χ3v) is 1.83. The zero-order chi connectivity index (χ0) is 8.72. The molecule has 0 spiro atoms. The summed E-state index contributed by atoms with van der Waals surface area (Å²) < 4.78 is 5.07. The number of oxazole rings is 1. The van der Waals surface area contributed by atoms with Crippen molar-refractivity contribution in [1.29, 1.82) is 0 Å². The van der Waals surface area contributed by atoms with E-state index in [0.717, 1.165) is 12.8 Å². The lowest BCUT2D eigenvalue weighted by Crippen LogP contribution is -2.13. The van der Waals surface area contributed by atoms with E-state index in [2.05, 4.69) is 4.98 Å². The van der Waals surface area contributed by atoms with Crippen LogP contribution in [0.2, 0.25) is 0 Å². The number of carbonyl (C=O) groups is 1. The number of aromatic nitrogens is 1. The molecule has 12 heavy (non-hydrogen) atoms. The Balaban J connectivity index is 2.36. The van der Waals surface area contributed by atoms with Gasteiger partial charge in [-0.3, -0.25) is 4.79 Å². The number of nitrogens with zero attached hydrogens (tertiary/aromatic N) is 1. The van der Waals surface area contributed by atoms with E-state index in [0.29, 0.717) is 11.8 Å². The molecule has 4 N–H and O–H groups in total. The molecule has 1 aromatic rings. The van der Waals surface area contributed by atoms with Crippen molar-refractivity contribution in [1.82, 2.24) is 4.98 Å². The monoisotopic (exact) mass is 167 g/mol. The van der Waals surface area contributed by atoms with Gasteiger partial charge in [0.15, 0.2) is 5.69 Å². The van der Waals surface area contributed by atoms with Gasteiger partial charge in [0, 0.05) is 5.92 Å². The molecule has 0 unspecified atom stereocenters. The van der Waals surface area contributed by atoms with Crippen LogP contribution in [0.1, 0.15) is 35.1 Å². The smallest absolute Gasteiger partial charge is 0.272 e. The predicted octanol–water partition coefficient (Wildman–Crippen LogP) is 0.233. The van der Waals surface area contributed by atoms with Crippen molar-refractivity contribution in [2.45, 2.75) is 18.8 Å². The lowest BCUT2D eigenvalue weighted by molar-refractivity contribution is 0.0996. The van der Waals surface area contributed by atoms with Gasteiger partial charge in [-0.25, -0.2) is 4.98 Å². The number of carbonyl (C=O) groups excluding carboxylic acids is 1. The molecule has 0 aliphatic heterocycles. The van der Waals surface area contributed by atoms with E-state index in [1.54, 1.807) is 0 Å². The van der Waals surface area contributed by atoms with E-state index >= 15 is 0 Å². The normalized spacial score (nSPS) is 16.3. The number of nitrogens with two attached hydrogens (primary N) is 2. The van der Waals surface area contributed by atoms with E-state index < -0.39 is 5.91 Å². The molecule has 5 nitrogen and oxygen atoms in total. The maximum atomic E-state index is 10.7. The van der Waals surface area contributed by atoms with Gasteiger partial charge in [-0.2, -0.15) is 0 Å². The highest BCUT2D eigenvalue weighted by Gasteiger charge is 2.30. The molecular formula is C7H9N3O2. The van der Waals surface area contributed by atoms with E-state index in [-0.39, 0.29) is 11.6 Å². The van der Waals surface area contributed by atoms with E-state index in [1.165, 1.54) is 0 Å². The van der Waals surface area contributed by atoms with Crippen LogP contribution in [0.15, 0.2) is 4.42 Å². The van der Waals surface area contributed by atoms with Gasteiger partial charge in [0.25, 0.3) is 5.91 Å². The maximum absolute atomic E-state index is 10.7. The van der Waals surface area contributed by atoms with Crippen molar-refractivity contribution in [3.05, 3.63) is 11.6 Å². The standard InChI is InChI=1S/C7H9N3O2/c8-5(11)4-6(9)12-7(10-4)3-1-2-3/h3H,1-2,9H2,(H2,8,11). The van der Waals surface area contributed by atoms with Crippen LogP contribution in [0, 0.1) is 0 Å². The first-order valence-corrected chi connectivity index (χ1v) is 3.74. The summed E-state index contributed by atoms with van der Waals surface area (Å²) in [7, 11) is 0. The molecule has 0 saturated heterocycles. The fraction of sp³-hybridized carbons (Fsp3) is 0.429. The Morgan fingerprint density at radius 1 is 1.58 bits per heavy atom. The Labute approximate surface area is 68.7 Å². The first-order chi connectivity index (χ1) is 5.68. The summed E-state index contributed by atoms with van der Waals surface area (Å²) in [5.41, 5.74) is 10.4. The third kappa shape index (κ3) is 1.03. The van der Waals surface area contributed by atoms with Gasteiger partial charge >= 0.3 is 0 Å². The van der Waals surface area contributed by atoms with Crippen LogP contribution in [0.5, 0.6) is 0 Å². The minimum Gasteiger partial charge on any atom is -0.424 e. The molecule has 1 saturated carbocycles. The van der Waals surface area contributed by atoms with Crippen LogP contribution in [0.4, 0.5) is 5.88 Å². The van der Waals surface area contributed by atoms with Crippen molar-refractivity contribution in [3.8, 4) is 0 Å². The molecule has 1 heterocycles. The summed E-state index contributed by atoms with van der Waals surface area (Å²) in [6, 6.07) is 0. The number of rotatable bonds is 2. The Morgan fingerprint density at radius 2 is 2.25 bits per heavy atom. The maximum Gasteiger partial charge on any atom is 0.272 e. The van der Waals surface area contributed by atoms with Crippen molar-refractivity contribution in [3.63, 3.8) is 0 Å². The van der Waals surface area contributed by atoms with E-state index in [4.69, 9.17) is 15.9 Å². The molecule has 1 aliphatic carbocycles. The molecule has 1 amide bonds. The van der Waals surface area contributed by atoms with Gasteiger partial charge < -0.3 is 15.9 Å². The topological polar surface area (TPSA) is 95.1 Å². The van der Waals surface area contributed by atoms with Crippen LogP contribution in [0.25, 0.3) is 0 Å². The van der Waals surface area contributed by atoms with Gasteiger partial charge in [0.1, 0.15) is 0 Å². The van der Waals surface area contributed by atoms with E-state index in [9.17, 15) is 4.79 Å². The summed E-state index contributed by atoms with van der Waals surface area (Å²) in [5.74, 6) is 0.286. The van der Waals surface area contributed by atoms with Crippen molar-refractivity contribution >= 4 is 11.8 Å². The third-order valence-electron chi connectivity index (χ3n) is 1.83. The number of hydrogen-bond acceptors (Lipinski definition) is 4. The summed E-state index contributed by atoms with van der Waals surface area (Å²) in [6.45, 7) is 0. The summed E-state index contributed by atoms with van der Waals surface area (Å²) >= 11 is 0. The average Bonchev–Trinajstić information content (AvgIpc) is 2.75. The van der Waals surface area contributed by atoms with Crippen LogP contribution in [-0.2, 0) is 0 Å². The molecule has 2 rings (SSSR count). The minimum atomic E-state index is -0.636. The molecule has 0 radical (unpaired) electrons. The molecule has 5 heteroatoms. The molecule has 64 valence electrons. The quantitative estimate of drug-likeness (QED) is 0.659. The highest BCUT2D eigenvalue weighted by molar-refractivity contribution is 5.94. The van der Waals surface area contributed by atoms with Gasteiger partial charge in [-0.05, 0) is 12.8 Å². The zero-order valence-corrected chi connectivity index (χ0v) is 6.41. The van der Waals surface area contributed by atoms with Crippen molar-refractivity contribution in [2.75, 3.05) is 5.73 Å². The van der Waals surface area contributed by atoms with Crippen molar-refractivity contribution in [2.24, 2.45) is 5.73 Å². The van der Waals surface area contributed by atoms with Crippen LogP contribution in [0.3, 0.4) is 0 Å². The Kier molecular flexibility index (Phi) is 1.33. The van der Waals surface area contributed by atoms with Crippen LogP contribution < -0.4 is 11.5 Å². The fourth-order valence-corrected chi connectivity index (χ4v) is 1.03. The van der Waals surface area contributed by atoms with Gasteiger partial charge in [0.2, 0.25) is 11.8 Å². The number of amides is 1. The molecule has 1 fully saturated rings. The SMILES string of the molecule is NC(=O)c1nc(C2CC2)oc1N. The molecule has 0 atom stereocenters. The summed E-state index contributed by atoms with van der Waals surface area (Å²) in [6.07, 6.45) is 2.11. The van der Waals surface area contributed by atoms with Crippen molar-refractivity contribution < 1.29 is 9.21 Å². The lowest BCUT2D eigenvalue weighted by Gasteiger charge is -1.84. The molecular weight excluding hydrogens is 158 g/mol. The number of anilines is 1. The summed E-state index contributed by atoms with van der Waals surface area (Å²) in [5, 5.41) is 0.